The van der Waals surface area contributed by atoms with Crippen LogP contribution in [0.2, 0.25) is 0 Å². The van der Waals surface area contributed by atoms with Crippen molar-refractivity contribution in [2.45, 2.75) is 68.8 Å². The third kappa shape index (κ3) is 5.62. The molecule has 0 bridgehead atoms. The van der Waals surface area contributed by atoms with Gasteiger partial charge in [-0.2, -0.15) is 0 Å². The first-order valence-electron chi connectivity index (χ1n) is 12.5. The topological polar surface area (TPSA) is 96.0 Å². The summed E-state index contributed by atoms with van der Waals surface area (Å²) >= 11 is 0. The van der Waals surface area contributed by atoms with Crippen LogP contribution in [0.3, 0.4) is 0 Å². The van der Waals surface area contributed by atoms with Crippen LogP contribution in [0.15, 0.2) is 41.3 Å². The Morgan fingerprint density at radius 2 is 1.66 bits per heavy atom. The van der Waals surface area contributed by atoms with Gasteiger partial charge in [-0.25, -0.2) is 17.9 Å². The van der Waals surface area contributed by atoms with E-state index in [2.05, 4.69) is 4.72 Å². The molecule has 0 spiro atoms. The van der Waals surface area contributed by atoms with Gasteiger partial charge in [0.15, 0.2) is 0 Å². The van der Waals surface area contributed by atoms with Crippen molar-refractivity contribution in [1.82, 2.24) is 14.5 Å². The van der Waals surface area contributed by atoms with Crippen LogP contribution in [0.25, 0.3) is 10.8 Å². The first-order chi connectivity index (χ1) is 16.8. The highest BCUT2D eigenvalue weighted by Gasteiger charge is 2.29. The highest BCUT2D eigenvalue weighted by Crippen LogP contribution is 2.29. The van der Waals surface area contributed by atoms with Gasteiger partial charge in [-0.05, 0) is 50.1 Å². The van der Waals surface area contributed by atoms with Gasteiger partial charge < -0.3 is 14.5 Å². The van der Waals surface area contributed by atoms with E-state index < -0.39 is 10.0 Å². The van der Waals surface area contributed by atoms with Crippen molar-refractivity contribution in [2.24, 2.45) is 0 Å². The Bertz CT molecular complexity index is 1170. The highest BCUT2D eigenvalue weighted by molar-refractivity contribution is 7.89. The molecule has 2 aliphatic rings. The zero-order valence-corrected chi connectivity index (χ0v) is 21.4. The standard InChI is InChI=1S/C26H35N3O5S/c1-3-34-26(31)29-17-15-19(16-18-29)27-35(32,33)24-14-8-11-21-22(24)12-7-13-23(21)25(30)28(2)20-9-5-4-6-10-20/h7-8,11-14,19-20,27H,3-6,9-10,15-18H2,1-2H3. The van der Waals surface area contributed by atoms with E-state index in [1.54, 1.807) is 42.2 Å². The molecule has 9 heteroatoms. The van der Waals surface area contributed by atoms with Gasteiger partial charge in [0, 0.05) is 43.2 Å². The Balaban J connectivity index is 1.54. The van der Waals surface area contributed by atoms with Gasteiger partial charge in [0.1, 0.15) is 0 Å². The van der Waals surface area contributed by atoms with Crippen LogP contribution in [-0.4, -0.2) is 69.0 Å². The van der Waals surface area contributed by atoms with Gasteiger partial charge in [0.2, 0.25) is 10.0 Å². The largest absolute Gasteiger partial charge is 0.450 e. The summed E-state index contributed by atoms with van der Waals surface area (Å²) in [5, 5.41) is 1.17. The molecule has 1 saturated carbocycles. The predicted molar refractivity (Wildman–Crippen MR) is 135 cm³/mol. The lowest BCUT2D eigenvalue weighted by Crippen LogP contribution is -2.46. The minimum absolute atomic E-state index is 0.0728. The van der Waals surface area contributed by atoms with Crippen LogP contribution in [-0.2, 0) is 14.8 Å². The Morgan fingerprint density at radius 3 is 2.34 bits per heavy atom. The normalized spacial score (nSPS) is 17.9. The van der Waals surface area contributed by atoms with Crippen molar-refractivity contribution in [2.75, 3.05) is 26.7 Å². The molecule has 2 aromatic carbocycles. The first kappa shape index (κ1) is 25.4. The summed E-state index contributed by atoms with van der Waals surface area (Å²) < 4.78 is 34.6. The van der Waals surface area contributed by atoms with Gasteiger partial charge in [-0.1, -0.05) is 43.5 Å². The number of carbonyl (C=O) groups is 2. The maximum absolute atomic E-state index is 13.4. The molecule has 0 unspecified atom stereocenters. The van der Waals surface area contributed by atoms with Crippen molar-refractivity contribution in [3.63, 3.8) is 0 Å². The number of hydrogen-bond donors (Lipinski definition) is 1. The molecule has 1 aliphatic carbocycles. The molecule has 1 saturated heterocycles. The van der Waals surface area contributed by atoms with Crippen LogP contribution in [0.5, 0.6) is 0 Å². The summed E-state index contributed by atoms with van der Waals surface area (Å²) in [5.41, 5.74) is 0.523. The number of piperidine rings is 1. The van der Waals surface area contributed by atoms with E-state index in [4.69, 9.17) is 4.74 Å². The Morgan fingerprint density at radius 1 is 1.00 bits per heavy atom. The Labute approximate surface area is 207 Å². The lowest BCUT2D eigenvalue weighted by molar-refractivity contribution is 0.0698. The van der Waals surface area contributed by atoms with E-state index >= 15 is 0 Å². The summed E-state index contributed by atoms with van der Waals surface area (Å²) in [7, 11) is -1.98. The quantitative estimate of drug-likeness (QED) is 0.642. The molecule has 2 amide bonds. The molecule has 2 aromatic rings. The van der Waals surface area contributed by atoms with Crippen molar-refractivity contribution in [3.8, 4) is 0 Å². The fraction of sp³-hybridized carbons (Fsp3) is 0.538. The molecule has 0 radical (unpaired) electrons. The van der Waals surface area contributed by atoms with Gasteiger partial charge in [0.25, 0.3) is 5.91 Å². The van der Waals surface area contributed by atoms with Crippen molar-refractivity contribution < 1.29 is 22.7 Å². The Hall–Kier alpha value is -2.65. The van der Waals surface area contributed by atoms with E-state index in [-0.39, 0.29) is 29.0 Å². The molecule has 190 valence electrons. The number of benzene rings is 2. The van der Waals surface area contributed by atoms with Crippen LogP contribution >= 0.6 is 0 Å². The lowest BCUT2D eigenvalue weighted by Gasteiger charge is -2.32. The van der Waals surface area contributed by atoms with Crippen LogP contribution in [0, 0.1) is 0 Å². The summed E-state index contributed by atoms with van der Waals surface area (Å²) in [6.45, 7) is 2.95. The number of sulfonamides is 1. The SMILES string of the molecule is CCOC(=O)N1CCC(NS(=O)(=O)c2cccc3c(C(=O)N(C)C4CCCCC4)cccc23)CC1. The van der Waals surface area contributed by atoms with Crippen molar-refractivity contribution in [1.29, 1.82) is 0 Å². The summed E-state index contributed by atoms with van der Waals surface area (Å²) in [6.07, 6.45) is 6.14. The number of carbonyl (C=O) groups excluding carboxylic acids is 2. The molecule has 8 nitrogen and oxygen atoms in total. The van der Waals surface area contributed by atoms with E-state index in [1.165, 1.54) is 6.42 Å². The molecule has 1 aliphatic heterocycles. The third-order valence-electron chi connectivity index (χ3n) is 7.19. The average Bonchev–Trinajstić information content (AvgIpc) is 2.88. The number of ether oxygens (including phenoxy) is 1. The summed E-state index contributed by atoms with van der Waals surface area (Å²) in [5.74, 6) is -0.0728. The number of nitrogens with one attached hydrogen (secondary N) is 1. The molecule has 1 N–H and O–H groups in total. The summed E-state index contributed by atoms with van der Waals surface area (Å²) in [6, 6.07) is 10.3. The Kier molecular flexibility index (Phi) is 7.96. The van der Waals surface area contributed by atoms with Gasteiger partial charge >= 0.3 is 6.09 Å². The summed E-state index contributed by atoms with van der Waals surface area (Å²) in [4.78, 5) is 28.9. The number of likely N-dealkylation sites (tertiary alicyclic amines) is 1. The fourth-order valence-corrected chi connectivity index (χ4v) is 6.73. The number of nitrogens with zero attached hydrogens (tertiary/aromatic N) is 2. The second kappa shape index (κ2) is 11.0. The van der Waals surface area contributed by atoms with Gasteiger partial charge in [-0.3, -0.25) is 4.79 Å². The second-order valence-corrected chi connectivity index (χ2v) is 11.1. The average molecular weight is 502 g/mol. The number of hydrogen-bond acceptors (Lipinski definition) is 5. The van der Waals surface area contributed by atoms with E-state index in [1.807, 2.05) is 18.0 Å². The van der Waals surface area contributed by atoms with E-state index in [0.717, 1.165) is 25.7 Å². The molecule has 2 fully saturated rings. The molecule has 0 atom stereocenters. The predicted octanol–water partition coefficient (Wildman–Crippen LogP) is 4.14. The van der Waals surface area contributed by atoms with Crippen LogP contribution < -0.4 is 4.72 Å². The van der Waals surface area contributed by atoms with Crippen molar-refractivity contribution in [3.05, 3.63) is 42.0 Å². The fourth-order valence-electron chi connectivity index (χ4n) is 5.20. The minimum atomic E-state index is -3.83. The van der Waals surface area contributed by atoms with Crippen LogP contribution in [0.1, 0.15) is 62.2 Å². The minimum Gasteiger partial charge on any atom is -0.450 e. The molecule has 0 aromatic heterocycles. The molecule has 35 heavy (non-hydrogen) atoms. The third-order valence-corrected chi connectivity index (χ3v) is 8.77. The maximum atomic E-state index is 13.4. The smallest absolute Gasteiger partial charge is 0.409 e. The number of rotatable bonds is 6. The van der Waals surface area contributed by atoms with Crippen LogP contribution in [0.4, 0.5) is 4.79 Å². The molecule has 1 heterocycles. The monoisotopic (exact) mass is 501 g/mol. The second-order valence-electron chi connectivity index (χ2n) is 9.45. The van der Waals surface area contributed by atoms with Gasteiger partial charge in [-0.15, -0.1) is 0 Å². The molecular weight excluding hydrogens is 466 g/mol. The lowest BCUT2D eigenvalue weighted by atomic mass is 9.93. The molecule has 4 rings (SSSR count). The zero-order valence-electron chi connectivity index (χ0n) is 20.5. The van der Waals surface area contributed by atoms with E-state index in [9.17, 15) is 18.0 Å². The number of amides is 2. The van der Waals surface area contributed by atoms with Crippen molar-refractivity contribution >= 4 is 32.8 Å². The highest BCUT2D eigenvalue weighted by atomic mass is 32.2. The number of fused-ring (bicyclic) bond motifs is 1. The zero-order chi connectivity index (χ0) is 25.0. The van der Waals surface area contributed by atoms with Gasteiger partial charge in [0.05, 0.1) is 11.5 Å². The maximum Gasteiger partial charge on any atom is 0.409 e. The first-order valence-corrected chi connectivity index (χ1v) is 14.0. The van der Waals surface area contributed by atoms with E-state index in [0.29, 0.717) is 48.9 Å². The molecular formula is C26H35N3O5S.